The smallest absolute Gasteiger partial charge is 0.234 e. The van der Waals surface area contributed by atoms with E-state index in [0.717, 1.165) is 5.56 Å². The lowest BCUT2D eigenvalue weighted by molar-refractivity contribution is -0.122. The second-order valence-electron chi connectivity index (χ2n) is 5.82. The molecule has 1 aliphatic rings. The number of nitrogens with zero attached hydrogens (tertiary/aromatic N) is 1. The molecule has 1 aliphatic carbocycles. The van der Waals surface area contributed by atoms with E-state index in [9.17, 15) is 4.79 Å². The van der Waals surface area contributed by atoms with Gasteiger partial charge in [-0.1, -0.05) is 56.0 Å². The molecule has 110 valence electrons. The maximum absolute atomic E-state index is 12.0. The van der Waals surface area contributed by atoms with E-state index in [-0.39, 0.29) is 5.91 Å². The Labute approximate surface area is 122 Å². The molecule has 0 saturated heterocycles. The Morgan fingerprint density at radius 3 is 2.45 bits per heavy atom. The maximum Gasteiger partial charge on any atom is 0.234 e. The lowest BCUT2D eigenvalue weighted by Crippen LogP contribution is -2.40. The van der Waals surface area contributed by atoms with E-state index in [0.29, 0.717) is 19.1 Å². The summed E-state index contributed by atoms with van der Waals surface area (Å²) in [6.45, 7) is 1.13. The van der Waals surface area contributed by atoms with Gasteiger partial charge in [-0.05, 0) is 25.5 Å². The number of benzene rings is 1. The van der Waals surface area contributed by atoms with E-state index in [2.05, 4.69) is 17.3 Å². The molecule has 1 aromatic carbocycles. The average Bonchev–Trinajstić information content (AvgIpc) is 2.75. The highest BCUT2D eigenvalue weighted by Gasteiger charge is 2.18. The van der Waals surface area contributed by atoms with Crippen molar-refractivity contribution >= 4 is 5.91 Å². The van der Waals surface area contributed by atoms with Crippen LogP contribution >= 0.6 is 0 Å². The van der Waals surface area contributed by atoms with Crippen molar-refractivity contribution < 1.29 is 4.79 Å². The Hall–Kier alpha value is -1.35. The van der Waals surface area contributed by atoms with Gasteiger partial charge in [0, 0.05) is 12.6 Å². The molecular weight excluding hydrogens is 248 g/mol. The largest absolute Gasteiger partial charge is 0.351 e. The van der Waals surface area contributed by atoms with Crippen LogP contribution in [-0.4, -0.2) is 30.4 Å². The Kier molecular flexibility index (Phi) is 6.06. The highest BCUT2D eigenvalue weighted by Crippen LogP contribution is 2.20. The molecule has 3 heteroatoms. The quantitative estimate of drug-likeness (QED) is 0.837. The van der Waals surface area contributed by atoms with Crippen LogP contribution in [-0.2, 0) is 11.3 Å². The average molecular weight is 274 g/mol. The molecule has 1 aromatic rings. The predicted octanol–water partition coefficient (Wildman–Crippen LogP) is 2.96. The van der Waals surface area contributed by atoms with Crippen LogP contribution in [0.25, 0.3) is 0 Å². The van der Waals surface area contributed by atoms with E-state index in [1.807, 2.05) is 30.3 Å². The normalized spacial score (nSPS) is 16.9. The molecule has 1 amide bonds. The summed E-state index contributed by atoms with van der Waals surface area (Å²) >= 11 is 0. The molecule has 0 atom stereocenters. The van der Waals surface area contributed by atoms with Crippen molar-refractivity contribution in [1.29, 1.82) is 0 Å². The monoisotopic (exact) mass is 274 g/mol. The summed E-state index contributed by atoms with van der Waals surface area (Å²) in [6.07, 6.45) is 7.79. The highest BCUT2D eigenvalue weighted by molar-refractivity contribution is 5.78. The Morgan fingerprint density at radius 1 is 1.15 bits per heavy atom. The predicted molar refractivity (Wildman–Crippen MR) is 82.4 cm³/mol. The molecule has 0 spiro atoms. The summed E-state index contributed by atoms with van der Waals surface area (Å²) in [5, 5.41) is 3.00. The van der Waals surface area contributed by atoms with E-state index < -0.39 is 0 Å². The molecule has 0 aromatic heterocycles. The van der Waals surface area contributed by atoms with Crippen LogP contribution in [0.1, 0.15) is 44.1 Å². The number of carbonyl (C=O) groups excluding carboxylic acids is 1. The lowest BCUT2D eigenvalue weighted by atomic mass is 10.1. The summed E-state index contributed by atoms with van der Waals surface area (Å²) < 4.78 is 0. The molecule has 0 aliphatic heterocycles. The third-order valence-corrected chi connectivity index (χ3v) is 4.17. The van der Waals surface area contributed by atoms with Crippen LogP contribution in [0.5, 0.6) is 0 Å². The molecule has 0 heterocycles. The summed E-state index contributed by atoms with van der Waals surface area (Å²) in [6, 6.07) is 10.6. The Balaban J connectivity index is 1.73. The van der Waals surface area contributed by atoms with Gasteiger partial charge in [0.2, 0.25) is 5.91 Å². The van der Waals surface area contributed by atoms with Crippen molar-refractivity contribution in [3.05, 3.63) is 35.9 Å². The first-order valence-corrected chi connectivity index (χ1v) is 7.76. The van der Waals surface area contributed by atoms with Gasteiger partial charge in [0.25, 0.3) is 0 Å². The van der Waals surface area contributed by atoms with Gasteiger partial charge < -0.3 is 5.32 Å². The van der Waals surface area contributed by atoms with Gasteiger partial charge in [-0.3, -0.25) is 9.69 Å². The number of nitrogens with one attached hydrogen (secondary N) is 1. The number of rotatable bonds is 5. The first-order chi connectivity index (χ1) is 9.75. The Morgan fingerprint density at radius 2 is 1.80 bits per heavy atom. The molecule has 1 saturated carbocycles. The SMILES string of the molecule is CN(CC(=O)NCc1ccccc1)C1CCCCCC1. The van der Waals surface area contributed by atoms with Gasteiger partial charge in [0.15, 0.2) is 0 Å². The number of hydrogen-bond acceptors (Lipinski definition) is 2. The van der Waals surface area contributed by atoms with E-state index >= 15 is 0 Å². The van der Waals surface area contributed by atoms with Crippen LogP contribution in [0.3, 0.4) is 0 Å². The molecule has 1 N–H and O–H groups in total. The van der Waals surface area contributed by atoms with Crippen molar-refractivity contribution in [3.8, 4) is 0 Å². The number of likely N-dealkylation sites (N-methyl/N-ethyl adjacent to an activating group) is 1. The molecule has 0 radical (unpaired) electrons. The van der Waals surface area contributed by atoms with E-state index in [4.69, 9.17) is 0 Å². The number of amides is 1. The Bertz CT molecular complexity index is 397. The molecule has 1 fully saturated rings. The third-order valence-electron chi connectivity index (χ3n) is 4.17. The number of hydrogen-bond donors (Lipinski definition) is 1. The fraction of sp³-hybridized carbons (Fsp3) is 0.588. The zero-order chi connectivity index (χ0) is 14.2. The topological polar surface area (TPSA) is 32.3 Å². The molecule has 0 bridgehead atoms. The van der Waals surface area contributed by atoms with Gasteiger partial charge in [-0.25, -0.2) is 0 Å². The number of carbonyl (C=O) groups is 1. The van der Waals surface area contributed by atoms with Crippen LogP contribution in [0.2, 0.25) is 0 Å². The maximum atomic E-state index is 12.0. The standard InChI is InChI=1S/C17H26N2O/c1-19(16-11-7-2-3-8-12-16)14-17(20)18-13-15-9-5-4-6-10-15/h4-6,9-10,16H,2-3,7-8,11-14H2,1H3,(H,18,20). The van der Waals surface area contributed by atoms with Crippen molar-refractivity contribution in [3.63, 3.8) is 0 Å². The minimum Gasteiger partial charge on any atom is -0.351 e. The second kappa shape index (κ2) is 8.05. The van der Waals surface area contributed by atoms with Gasteiger partial charge in [0.1, 0.15) is 0 Å². The van der Waals surface area contributed by atoms with E-state index in [1.165, 1.54) is 38.5 Å². The van der Waals surface area contributed by atoms with Crippen molar-refractivity contribution in [2.45, 2.75) is 51.1 Å². The fourth-order valence-corrected chi connectivity index (χ4v) is 2.91. The van der Waals surface area contributed by atoms with Crippen LogP contribution in [0.15, 0.2) is 30.3 Å². The summed E-state index contributed by atoms with van der Waals surface area (Å²) in [5.41, 5.74) is 1.15. The molecule has 0 unspecified atom stereocenters. The minimum atomic E-state index is 0.126. The fourth-order valence-electron chi connectivity index (χ4n) is 2.91. The summed E-state index contributed by atoms with van der Waals surface area (Å²) in [4.78, 5) is 14.2. The van der Waals surface area contributed by atoms with Gasteiger partial charge in [-0.2, -0.15) is 0 Å². The van der Waals surface area contributed by atoms with Crippen molar-refractivity contribution in [2.24, 2.45) is 0 Å². The highest BCUT2D eigenvalue weighted by atomic mass is 16.2. The summed E-state index contributed by atoms with van der Waals surface area (Å²) in [5.74, 6) is 0.126. The van der Waals surface area contributed by atoms with Crippen LogP contribution in [0.4, 0.5) is 0 Å². The minimum absolute atomic E-state index is 0.126. The zero-order valence-corrected chi connectivity index (χ0v) is 12.5. The zero-order valence-electron chi connectivity index (χ0n) is 12.5. The molecule has 2 rings (SSSR count). The first-order valence-electron chi connectivity index (χ1n) is 7.76. The van der Waals surface area contributed by atoms with Gasteiger partial charge in [0.05, 0.1) is 6.54 Å². The molecular formula is C17H26N2O. The van der Waals surface area contributed by atoms with E-state index in [1.54, 1.807) is 0 Å². The summed E-state index contributed by atoms with van der Waals surface area (Å²) in [7, 11) is 2.08. The molecule has 20 heavy (non-hydrogen) atoms. The molecule has 3 nitrogen and oxygen atoms in total. The first kappa shape index (κ1) is 15.0. The second-order valence-corrected chi connectivity index (χ2v) is 5.82. The van der Waals surface area contributed by atoms with Gasteiger partial charge >= 0.3 is 0 Å². The van der Waals surface area contributed by atoms with Gasteiger partial charge in [-0.15, -0.1) is 0 Å². The third kappa shape index (κ3) is 4.97. The van der Waals surface area contributed by atoms with Crippen molar-refractivity contribution in [2.75, 3.05) is 13.6 Å². The van der Waals surface area contributed by atoms with Crippen LogP contribution < -0.4 is 5.32 Å². The lowest BCUT2D eigenvalue weighted by Gasteiger charge is -2.26. The van der Waals surface area contributed by atoms with Crippen LogP contribution in [0, 0.1) is 0 Å². The van der Waals surface area contributed by atoms with Crippen molar-refractivity contribution in [1.82, 2.24) is 10.2 Å².